The molecule has 0 spiro atoms. The monoisotopic (exact) mass is 89.0 g/mol. The first-order valence-corrected chi connectivity index (χ1v) is 0.612. The Morgan fingerprint density at radius 2 is 1.60 bits per heavy atom. The van der Waals surface area contributed by atoms with Gasteiger partial charge in [-0.3, -0.25) is 0 Å². The molecule has 3 nitrogen and oxygen atoms in total. The second-order valence-electron chi connectivity index (χ2n) is 0.250. The predicted molar refractivity (Wildman–Crippen MR) is 12.3 cm³/mol. The van der Waals surface area contributed by atoms with Crippen molar-refractivity contribution < 1.29 is 16.4 Å². The Hall–Kier alpha value is -0.513. The second kappa shape index (κ2) is 3.49. The van der Waals surface area contributed by atoms with Crippen LogP contribution in [0.2, 0.25) is 0 Å². The zero-order chi connectivity index (χ0) is 3.58. The molecule has 0 amide bonds. The first-order chi connectivity index (χ1) is 1.73. The van der Waals surface area contributed by atoms with Crippen molar-refractivity contribution in [3.8, 4) is 0 Å². The maximum absolute atomic E-state index is 8.33. The van der Waals surface area contributed by atoms with E-state index in [9.17, 15) is 0 Å². The van der Waals surface area contributed by atoms with Crippen molar-refractivity contribution in [2.75, 3.05) is 0 Å². The van der Waals surface area contributed by atoms with Gasteiger partial charge in [-0.1, -0.05) is 0 Å². The third-order valence-electron chi connectivity index (χ3n) is 0. The Morgan fingerprint density at radius 3 is 1.60 bits per heavy atom. The summed E-state index contributed by atoms with van der Waals surface area (Å²) in [5.74, 6) is 0. The van der Waals surface area contributed by atoms with Crippen molar-refractivity contribution in [1.82, 2.24) is 0 Å². The minimum atomic E-state index is -2.33. The summed E-state index contributed by atoms with van der Waals surface area (Å²) in [6, 6.07) is 0. The average Bonchev–Trinajstić information content (AvgIpc) is 0.811. The number of hydrogen-bond acceptors (Lipinski definition) is 3. The third kappa shape index (κ3) is 29.3. The molecule has 5 heavy (non-hydrogen) atoms. The third-order valence-corrected chi connectivity index (χ3v) is 0. The van der Waals surface area contributed by atoms with Crippen LogP contribution in [0.25, 0.3) is 0 Å². The molecule has 0 aromatic heterocycles. The summed E-state index contributed by atoms with van der Waals surface area (Å²) in [6.45, 7) is 0. The Bertz CT molecular complexity index is 33.8. The van der Waals surface area contributed by atoms with Gasteiger partial charge in [-0.05, 0) is 6.16 Å². The van der Waals surface area contributed by atoms with E-state index in [0.29, 0.717) is 0 Å². The molecular weight excluding hydrogens is 88.1 g/mol. The van der Waals surface area contributed by atoms with Gasteiger partial charge in [0.15, 0.2) is 0 Å². The molecule has 1 radical (unpaired) electrons. The molecule has 0 bridgehead atoms. The molecule has 27 valence electrons. The van der Waals surface area contributed by atoms with E-state index in [-0.39, 0.29) is 12.4 Å². The quantitative estimate of drug-likeness (QED) is 0.303. The molecule has 0 heterocycles. The Labute approximate surface area is 34.7 Å². The van der Waals surface area contributed by atoms with E-state index in [1.807, 2.05) is 0 Å². The summed E-state index contributed by atoms with van der Waals surface area (Å²) in [4.78, 5) is 8.33. The maximum atomic E-state index is 8.33. The first-order valence-electron chi connectivity index (χ1n) is 0.612. The predicted octanol–water partition coefficient (Wildman–Crippen LogP) is -2.72. The summed E-state index contributed by atoms with van der Waals surface area (Å²) in [5, 5.41) is 16.7. The van der Waals surface area contributed by atoms with E-state index in [0.717, 1.165) is 0 Å². The van der Waals surface area contributed by atoms with Gasteiger partial charge in [0.25, 0.3) is 0 Å². The molecule has 0 aliphatic heterocycles. The molecule has 0 atom stereocenters. The van der Waals surface area contributed by atoms with Gasteiger partial charge in [0.1, 0.15) is 0 Å². The molecule has 0 N–H and O–H groups in total. The molecule has 0 saturated heterocycles. The average molecular weight is 89.1 g/mol. The van der Waals surface area contributed by atoms with Crippen LogP contribution in [0.5, 0.6) is 0 Å². The van der Waals surface area contributed by atoms with Gasteiger partial charge < -0.3 is 16.4 Å². The molecule has 0 rings (SSSR count). The number of carboxylic acid groups (broad SMARTS) is 2. The molecule has 4 heteroatoms. The van der Waals surface area contributed by atoms with E-state index in [1.165, 1.54) is 0 Å². The van der Waals surface area contributed by atoms with E-state index in [4.69, 9.17) is 15.0 Å². The van der Waals surface area contributed by atoms with Crippen molar-refractivity contribution >= 4 is 17.1 Å². The van der Waals surface area contributed by atoms with Crippen molar-refractivity contribution in [1.29, 1.82) is 0 Å². The van der Waals surface area contributed by atoms with Crippen LogP contribution in [-0.4, -0.2) is 17.1 Å². The van der Waals surface area contributed by atoms with Gasteiger partial charge >= 0.3 is 11.0 Å². The van der Waals surface area contributed by atoms with Gasteiger partial charge in [-0.25, -0.2) is 0 Å². The number of carbonyl (C=O) groups is 1. The van der Waals surface area contributed by atoms with E-state index in [2.05, 4.69) is 0 Å². The second-order valence-corrected chi connectivity index (χ2v) is 0.250. The maximum Gasteiger partial charge on any atom is 3.00 e. The topological polar surface area (TPSA) is 63.2 Å². The minimum Gasteiger partial charge on any atom is -1.00 e. The van der Waals surface area contributed by atoms with Crippen molar-refractivity contribution in [2.24, 2.45) is 0 Å². The molecule has 0 aromatic carbocycles. The summed E-state index contributed by atoms with van der Waals surface area (Å²) < 4.78 is 0. The summed E-state index contributed by atoms with van der Waals surface area (Å²) >= 11 is 0. The SMILES string of the molecule is O=C([O-])[O-].[H-].[Si+3]. The largest absolute Gasteiger partial charge is 3.00 e. The molecule has 0 saturated carbocycles. The van der Waals surface area contributed by atoms with E-state index >= 15 is 0 Å². The summed E-state index contributed by atoms with van der Waals surface area (Å²) in [7, 11) is 0. The van der Waals surface area contributed by atoms with Gasteiger partial charge in [0, 0.05) is 0 Å². The van der Waals surface area contributed by atoms with Crippen LogP contribution in [0.15, 0.2) is 0 Å². The van der Waals surface area contributed by atoms with Gasteiger partial charge in [0.2, 0.25) is 0 Å². The minimum absolute atomic E-state index is 0. The van der Waals surface area contributed by atoms with E-state index in [1.54, 1.807) is 0 Å². The first kappa shape index (κ1) is 8.82. The van der Waals surface area contributed by atoms with Crippen molar-refractivity contribution in [3.63, 3.8) is 0 Å². The smallest absolute Gasteiger partial charge is 1.00 e. The van der Waals surface area contributed by atoms with Crippen LogP contribution in [0, 0.1) is 0 Å². The van der Waals surface area contributed by atoms with Gasteiger partial charge in [-0.2, -0.15) is 0 Å². The zero-order valence-corrected chi connectivity index (χ0v) is 3.22. The van der Waals surface area contributed by atoms with Crippen LogP contribution in [0.4, 0.5) is 4.79 Å². The van der Waals surface area contributed by atoms with Crippen LogP contribution >= 0.6 is 0 Å². The van der Waals surface area contributed by atoms with Gasteiger partial charge in [0.05, 0.1) is 0 Å². The molecule has 0 fully saturated rings. The number of carbonyl (C=O) groups excluding carboxylic acids is 1. The normalized spacial score (nSPS) is 4.80. The van der Waals surface area contributed by atoms with Gasteiger partial charge in [-0.15, -0.1) is 0 Å². The summed E-state index contributed by atoms with van der Waals surface area (Å²) in [5.41, 5.74) is 0. The fraction of sp³-hybridized carbons (Fsp3) is 0. The van der Waals surface area contributed by atoms with Crippen molar-refractivity contribution in [3.05, 3.63) is 0 Å². The van der Waals surface area contributed by atoms with Crippen molar-refractivity contribution in [2.45, 2.75) is 0 Å². The zero-order valence-electron chi connectivity index (χ0n) is 3.22. The standard InChI is InChI=1S/CH2O3.Si.H/c2-1(3)4;;/h(H2,2,3,4);;/q;+3;-1/p-2. The molecule has 0 unspecified atom stereocenters. The molecule has 0 aromatic rings. The molecule has 0 aliphatic rings. The van der Waals surface area contributed by atoms with Crippen LogP contribution in [-0.2, 0) is 0 Å². The number of rotatable bonds is 0. The number of hydrogen-bond donors (Lipinski definition) is 0. The Morgan fingerprint density at radius 1 is 1.60 bits per heavy atom. The van der Waals surface area contributed by atoms with Crippen LogP contribution < -0.4 is 10.2 Å². The van der Waals surface area contributed by atoms with Crippen LogP contribution in [0.3, 0.4) is 0 Å². The fourth-order valence-electron chi connectivity index (χ4n) is 0. The molecule has 0 aliphatic carbocycles. The Balaban J connectivity index is -0.0000000450. The summed E-state index contributed by atoms with van der Waals surface area (Å²) in [6.07, 6.45) is -2.33. The van der Waals surface area contributed by atoms with Crippen LogP contribution in [0.1, 0.15) is 1.43 Å². The Kier molecular flexibility index (Phi) is 6.15. The molecular formula is CHO3Si. The fourth-order valence-corrected chi connectivity index (χ4v) is 0. The van der Waals surface area contributed by atoms with E-state index < -0.39 is 6.16 Å².